The molecule has 7 nitrogen and oxygen atoms in total. The van der Waals surface area contributed by atoms with Crippen LogP contribution in [0.4, 0.5) is 15.2 Å². The van der Waals surface area contributed by atoms with Gasteiger partial charge >= 0.3 is 0 Å². The molecule has 0 atom stereocenters. The fraction of sp³-hybridized carbons (Fsp3) is 0.150. The van der Waals surface area contributed by atoms with Gasteiger partial charge in [0.25, 0.3) is 5.91 Å². The largest absolute Gasteiger partial charge is 0.493 e. The third kappa shape index (κ3) is 5.29. The maximum absolute atomic E-state index is 12.9. The molecule has 2 N–H and O–H groups in total. The van der Waals surface area contributed by atoms with E-state index in [1.54, 1.807) is 23.6 Å². The molecule has 0 saturated carbocycles. The molecule has 0 aliphatic rings. The molecule has 0 radical (unpaired) electrons. The number of carbonyl (C=O) groups is 2. The van der Waals surface area contributed by atoms with Crippen LogP contribution in [0.2, 0.25) is 0 Å². The summed E-state index contributed by atoms with van der Waals surface area (Å²) in [7, 11) is 3.05. The van der Waals surface area contributed by atoms with Gasteiger partial charge in [-0.25, -0.2) is 9.37 Å². The van der Waals surface area contributed by atoms with Crippen LogP contribution in [0.15, 0.2) is 47.8 Å². The zero-order valence-electron chi connectivity index (χ0n) is 15.7. The lowest BCUT2D eigenvalue weighted by Gasteiger charge is -2.10. The van der Waals surface area contributed by atoms with E-state index in [0.29, 0.717) is 33.6 Å². The quantitative estimate of drug-likeness (QED) is 0.614. The van der Waals surface area contributed by atoms with Gasteiger partial charge in [-0.1, -0.05) is 0 Å². The molecule has 0 unspecified atom stereocenters. The average molecular weight is 415 g/mol. The van der Waals surface area contributed by atoms with Crippen LogP contribution in [0.3, 0.4) is 0 Å². The number of amides is 2. The van der Waals surface area contributed by atoms with E-state index in [1.807, 2.05) is 0 Å². The smallest absolute Gasteiger partial charge is 0.257 e. The van der Waals surface area contributed by atoms with Gasteiger partial charge in [0.15, 0.2) is 16.6 Å². The van der Waals surface area contributed by atoms with Crippen molar-refractivity contribution in [2.75, 3.05) is 24.9 Å². The first-order valence-corrected chi connectivity index (χ1v) is 9.39. The van der Waals surface area contributed by atoms with Crippen molar-refractivity contribution in [1.82, 2.24) is 4.98 Å². The molecule has 2 aromatic carbocycles. The third-order valence-electron chi connectivity index (χ3n) is 3.89. The minimum Gasteiger partial charge on any atom is -0.493 e. The van der Waals surface area contributed by atoms with Gasteiger partial charge in [0.2, 0.25) is 5.91 Å². The summed E-state index contributed by atoms with van der Waals surface area (Å²) in [5.41, 5.74) is 1.39. The van der Waals surface area contributed by atoms with Crippen LogP contribution in [0.25, 0.3) is 0 Å². The number of benzene rings is 2. The predicted octanol–water partition coefficient (Wildman–Crippen LogP) is 3.73. The van der Waals surface area contributed by atoms with Crippen molar-refractivity contribution in [1.29, 1.82) is 0 Å². The van der Waals surface area contributed by atoms with E-state index in [9.17, 15) is 14.0 Å². The number of aromatic nitrogens is 1. The zero-order chi connectivity index (χ0) is 20.8. The van der Waals surface area contributed by atoms with Crippen molar-refractivity contribution in [3.63, 3.8) is 0 Å². The molecule has 1 heterocycles. The number of rotatable bonds is 7. The van der Waals surface area contributed by atoms with Gasteiger partial charge in [-0.3, -0.25) is 14.9 Å². The molecular formula is C20H18FN3O4S. The van der Waals surface area contributed by atoms with E-state index in [0.717, 1.165) is 0 Å². The van der Waals surface area contributed by atoms with Gasteiger partial charge in [0.05, 0.1) is 26.3 Å². The predicted molar refractivity (Wildman–Crippen MR) is 108 cm³/mol. The van der Waals surface area contributed by atoms with Crippen molar-refractivity contribution >= 4 is 34.0 Å². The Morgan fingerprint density at radius 3 is 2.45 bits per heavy atom. The number of ether oxygens (including phenoxy) is 2. The molecule has 0 saturated heterocycles. The minimum absolute atomic E-state index is 0.0390. The van der Waals surface area contributed by atoms with Gasteiger partial charge in [-0.15, -0.1) is 11.3 Å². The fourth-order valence-electron chi connectivity index (χ4n) is 2.50. The van der Waals surface area contributed by atoms with Crippen molar-refractivity contribution < 1.29 is 23.5 Å². The van der Waals surface area contributed by atoms with Crippen molar-refractivity contribution in [2.24, 2.45) is 0 Å². The van der Waals surface area contributed by atoms with Gasteiger partial charge in [-0.2, -0.15) is 0 Å². The van der Waals surface area contributed by atoms with Crippen LogP contribution >= 0.6 is 11.3 Å². The molecule has 0 spiro atoms. The van der Waals surface area contributed by atoms with Crippen LogP contribution in [0.5, 0.6) is 11.5 Å². The summed E-state index contributed by atoms with van der Waals surface area (Å²) < 4.78 is 23.3. The number of carbonyl (C=O) groups excluding carboxylic acids is 2. The lowest BCUT2D eigenvalue weighted by molar-refractivity contribution is -0.115. The molecule has 0 fully saturated rings. The van der Waals surface area contributed by atoms with Crippen molar-refractivity contribution in [3.8, 4) is 11.5 Å². The Balaban J connectivity index is 1.59. The fourth-order valence-corrected chi connectivity index (χ4v) is 3.21. The monoisotopic (exact) mass is 415 g/mol. The summed E-state index contributed by atoms with van der Waals surface area (Å²) in [6, 6.07) is 10.2. The highest BCUT2D eigenvalue weighted by atomic mass is 32.1. The van der Waals surface area contributed by atoms with E-state index >= 15 is 0 Å². The molecule has 3 aromatic rings. The molecule has 9 heteroatoms. The van der Waals surface area contributed by atoms with E-state index in [2.05, 4.69) is 15.6 Å². The Hall–Kier alpha value is -3.46. The van der Waals surface area contributed by atoms with Crippen LogP contribution in [-0.4, -0.2) is 31.0 Å². The molecule has 0 aliphatic carbocycles. The Morgan fingerprint density at radius 1 is 1.03 bits per heavy atom. The van der Waals surface area contributed by atoms with Crippen LogP contribution in [0, 0.1) is 5.82 Å². The van der Waals surface area contributed by atoms with Crippen LogP contribution < -0.4 is 20.1 Å². The molecule has 1 aromatic heterocycles. The molecule has 0 bridgehead atoms. The van der Waals surface area contributed by atoms with Gasteiger partial charge < -0.3 is 14.8 Å². The summed E-state index contributed by atoms with van der Waals surface area (Å²) in [5.74, 6) is -0.0190. The number of nitrogens with one attached hydrogen (secondary N) is 2. The van der Waals surface area contributed by atoms with Gasteiger partial charge in [0.1, 0.15) is 5.82 Å². The van der Waals surface area contributed by atoms with Gasteiger partial charge in [-0.05, 0) is 36.4 Å². The van der Waals surface area contributed by atoms with E-state index in [-0.39, 0.29) is 12.3 Å². The highest BCUT2D eigenvalue weighted by molar-refractivity contribution is 7.14. The van der Waals surface area contributed by atoms with Crippen LogP contribution in [-0.2, 0) is 11.2 Å². The summed E-state index contributed by atoms with van der Waals surface area (Å²) >= 11 is 1.20. The number of thiazole rings is 1. The summed E-state index contributed by atoms with van der Waals surface area (Å²) in [4.78, 5) is 28.7. The lowest BCUT2D eigenvalue weighted by Crippen LogP contribution is -2.15. The number of halogens is 1. The number of methoxy groups -OCH3 is 2. The number of hydrogen-bond donors (Lipinski definition) is 2. The summed E-state index contributed by atoms with van der Waals surface area (Å²) in [6.07, 6.45) is 0.0390. The summed E-state index contributed by atoms with van der Waals surface area (Å²) in [5, 5.41) is 7.44. The SMILES string of the molecule is COc1ccc(NC(=O)Cc2csc(NC(=O)c3ccc(F)cc3)n2)cc1OC. The van der Waals surface area contributed by atoms with Crippen molar-refractivity contribution in [3.05, 3.63) is 64.9 Å². The zero-order valence-corrected chi connectivity index (χ0v) is 16.5. The Bertz CT molecular complexity index is 1020. The van der Waals surface area contributed by atoms with Crippen molar-refractivity contribution in [2.45, 2.75) is 6.42 Å². The maximum Gasteiger partial charge on any atom is 0.257 e. The number of hydrogen-bond acceptors (Lipinski definition) is 6. The molecule has 150 valence electrons. The molecule has 3 rings (SSSR count). The minimum atomic E-state index is -0.418. The molecule has 0 aliphatic heterocycles. The topological polar surface area (TPSA) is 89.6 Å². The second-order valence-electron chi connectivity index (χ2n) is 5.90. The molecular weight excluding hydrogens is 397 g/mol. The maximum atomic E-state index is 12.9. The normalized spacial score (nSPS) is 10.3. The third-order valence-corrected chi connectivity index (χ3v) is 4.69. The van der Waals surface area contributed by atoms with Crippen LogP contribution in [0.1, 0.15) is 16.1 Å². The van der Waals surface area contributed by atoms with Gasteiger partial charge in [0, 0.05) is 22.7 Å². The second-order valence-corrected chi connectivity index (χ2v) is 6.76. The first kappa shape index (κ1) is 20.3. The number of nitrogens with zero attached hydrogens (tertiary/aromatic N) is 1. The molecule has 29 heavy (non-hydrogen) atoms. The standard InChI is InChI=1S/C20H18FN3O4S/c1-27-16-8-7-14(9-17(16)28-2)22-18(25)10-15-11-29-20(23-15)24-19(26)12-3-5-13(21)6-4-12/h3-9,11H,10H2,1-2H3,(H,22,25)(H,23,24,26). The summed E-state index contributed by atoms with van der Waals surface area (Å²) in [6.45, 7) is 0. The highest BCUT2D eigenvalue weighted by Gasteiger charge is 2.12. The molecule has 2 amide bonds. The van der Waals surface area contributed by atoms with E-state index in [4.69, 9.17) is 9.47 Å². The first-order valence-electron chi connectivity index (χ1n) is 8.51. The first-order chi connectivity index (χ1) is 14.0. The van der Waals surface area contributed by atoms with E-state index in [1.165, 1.54) is 49.8 Å². The lowest BCUT2D eigenvalue weighted by atomic mass is 10.2. The Kier molecular flexibility index (Phi) is 6.40. The Labute approximate surface area is 170 Å². The second kappa shape index (κ2) is 9.16. The number of anilines is 2. The van der Waals surface area contributed by atoms with E-state index < -0.39 is 11.7 Å². The average Bonchev–Trinajstić information content (AvgIpc) is 3.14. The highest BCUT2D eigenvalue weighted by Crippen LogP contribution is 2.29. The Morgan fingerprint density at radius 2 is 1.76 bits per heavy atom.